The second-order valence-electron chi connectivity index (χ2n) is 6.39. The number of benzene rings is 2. The summed E-state index contributed by atoms with van der Waals surface area (Å²) in [7, 11) is 1.94. The highest BCUT2D eigenvalue weighted by Crippen LogP contribution is 2.28. The first-order valence-corrected chi connectivity index (χ1v) is 8.55. The Hall–Kier alpha value is -3.47. The maximum Gasteiger partial charge on any atom is 0.167 e. The van der Waals surface area contributed by atoms with E-state index >= 15 is 0 Å². The second-order valence-corrected chi connectivity index (χ2v) is 6.39. The van der Waals surface area contributed by atoms with Gasteiger partial charge in [-0.15, -0.1) is 0 Å². The van der Waals surface area contributed by atoms with Crippen LogP contribution in [0.3, 0.4) is 0 Å². The van der Waals surface area contributed by atoms with Gasteiger partial charge in [-0.05, 0) is 24.4 Å². The quantitative estimate of drug-likeness (QED) is 0.482. The smallest absolute Gasteiger partial charge is 0.167 e. The number of hydrogen-bond acceptors (Lipinski definition) is 3. The molecule has 0 aliphatic rings. The minimum Gasteiger partial charge on any atom is -0.299 e. The molecule has 0 spiro atoms. The monoisotopic (exact) mass is 339 g/mol. The highest BCUT2D eigenvalue weighted by molar-refractivity contribution is 5.89. The van der Waals surface area contributed by atoms with Crippen LogP contribution in [0.1, 0.15) is 5.69 Å². The van der Waals surface area contributed by atoms with Crippen LogP contribution in [-0.2, 0) is 7.05 Å². The molecule has 3 heterocycles. The molecule has 0 atom stereocenters. The molecular formula is C21H17N5. The number of aromatic nitrogens is 5. The van der Waals surface area contributed by atoms with Crippen LogP contribution in [0.15, 0.2) is 66.9 Å². The van der Waals surface area contributed by atoms with E-state index in [1.165, 1.54) is 5.39 Å². The van der Waals surface area contributed by atoms with Crippen molar-refractivity contribution in [2.24, 2.45) is 7.05 Å². The van der Waals surface area contributed by atoms with Gasteiger partial charge in [0.2, 0.25) is 0 Å². The Morgan fingerprint density at radius 3 is 2.46 bits per heavy atom. The van der Waals surface area contributed by atoms with Gasteiger partial charge in [-0.25, -0.2) is 9.97 Å². The van der Waals surface area contributed by atoms with Gasteiger partial charge in [0.1, 0.15) is 11.0 Å². The molecule has 5 rings (SSSR count). The summed E-state index contributed by atoms with van der Waals surface area (Å²) in [5, 5.41) is 5.76. The fourth-order valence-electron chi connectivity index (χ4n) is 3.47. The molecule has 0 bridgehead atoms. The molecule has 0 saturated heterocycles. The van der Waals surface area contributed by atoms with Crippen molar-refractivity contribution in [2.45, 2.75) is 6.92 Å². The summed E-state index contributed by atoms with van der Waals surface area (Å²) in [5.74, 6) is 1.56. The van der Waals surface area contributed by atoms with Crippen molar-refractivity contribution in [1.29, 1.82) is 0 Å². The number of para-hydroxylation sites is 1. The van der Waals surface area contributed by atoms with Crippen molar-refractivity contribution in [3.05, 3.63) is 72.6 Å². The first kappa shape index (κ1) is 14.8. The second kappa shape index (κ2) is 5.52. The maximum absolute atomic E-state index is 4.93. The maximum atomic E-state index is 4.93. The van der Waals surface area contributed by atoms with Gasteiger partial charge >= 0.3 is 0 Å². The van der Waals surface area contributed by atoms with E-state index in [1.54, 1.807) is 0 Å². The van der Waals surface area contributed by atoms with E-state index in [0.29, 0.717) is 5.82 Å². The van der Waals surface area contributed by atoms with Gasteiger partial charge in [0.25, 0.3) is 0 Å². The SMILES string of the molecule is Cc1nn(C)c2c(-n3ccc4ccccc43)nc(-c3ccccc3)nc12. The average molecular weight is 339 g/mol. The lowest BCUT2D eigenvalue weighted by atomic mass is 10.2. The predicted octanol–water partition coefficient (Wildman–Crippen LogP) is 4.28. The Labute approximate surface area is 150 Å². The molecule has 26 heavy (non-hydrogen) atoms. The van der Waals surface area contributed by atoms with Crippen LogP contribution in [0.25, 0.3) is 39.1 Å². The third-order valence-electron chi connectivity index (χ3n) is 4.69. The molecule has 126 valence electrons. The van der Waals surface area contributed by atoms with Gasteiger partial charge < -0.3 is 0 Å². The van der Waals surface area contributed by atoms with Crippen LogP contribution in [-0.4, -0.2) is 24.3 Å². The van der Waals surface area contributed by atoms with Crippen LogP contribution < -0.4 is 0 Å². The standard InChI is InChI=1S/C21H17N5/c1-14-18-19(25(2)24-14)21(23-20(22-18)16-9-4-3-5-10-16)26-13-12-15-8-6-7-11-17(15)26/h3-13H,1-2H3. The summed E-state index contributed by atoms with van der Waals surface area (Å²) in [4.78, 5) is 9.74. The van der Waals surface area contributed by atoms with Crippen molar-refractivity contribution < 1.29 is 0 Å². The zero-order chi connectivity index (χ0) is 17.7. The van der Waals surface area contributed by atoms with Gasteiger partial charge in [-0.1, -0.05) is 48.5 Å². The van der Waals surface area contributed by atoms with E-state index < -0.39 is 0 Å². The summed E-state index contributed by atoms with van der Waals surface area (Å²) in [5.41, 5.74) is 4.83. The van der Waals surface area contributed by atoms with E-state index in [4.69, 9.17) is 9.97 Å². The number of fused-ring (bicyclic) bond motifs is 2. The average Bonchev–Trinajstić information content (AvgIpc) is 3.23. The molecule has 0 aliphatic heterocycles. The van der Waals surface area contributed by atoms with Crippen LogP contribution in [0.2, 0.25) is 0 Å². The Bertz CT molecular complexity index is 1250. The molecule has 5 aromatic rings. The third kappa shape index (κ3) is 2.14. The predicted molar refractivity (Wildman–Crippen MR) is 103 cm³/mol. The summed E-state index contributed by atoms with van der Waals surface area (Å²) < 4.78 is 3.98. The molecule has 0 fully saturated rings. The molecule has 0 unspecified atom stereocenters. The van der Waals surface area contributed by atoms with E-state index in [0.717, 1.165) is 33.6 Å². The molecule has 5 nitrogen and oxygen atoms in total. The van der Waals surface area contributed by atoms with E-state index in [9.17, 15) is 0 Å². The number of aryl methyl sites for hydroxylation is 2. The van der Waals surface area contributed by atoms with Gasteiger partial charge in [-0.2, -0.15) is 5.10 Å². The Balaban J connectivity index is 1.89. The summed E-state index contributed by atoms with van der Waals surface area (Å²) in [6.07, 6.45) is 2.06. The molecule has 5 heteroatoms. The lowest BCUT2D eigenvalue weighted by Gasteiger charge is -2.10. The normalized spacial score (nSPS) is 11.5. The minimum absolute atomic E-state index is 0.710. The third-order valence-corrected chi connectivity index (χ3v) is 4.69. The van der Waals surface area contributed by atoms with Crippen LogP contribution in [0.4, 0.5) is 0 Å². The first-order chi connectivity index (χ1) is 12.7. The molecule has 0 amide bonds. The zero-order valence-corrected chi connectivity index (χ0v) is 14.6. The molecule has 3 aromatic heterocycles. The van der Waals surface area contributed by atoms with Crippen molar-refractivity contribution in [3.63, 3.8) is 0 Å². The largest absolute Gasteiger partial charge is 0.299 e. The Kier molecular flexibility index (Phi) is 3.15. The minimum atomic E-state index is 0.710. The summed E-state index contributed by atoms with van der Waals surface area (Å²) >= 11 is 0. The van der Waals surface area contributed by atoms with Crippen molar-refractivity contribution in [3.8, 4) is 17.2 Å². The fourth-order valence-corrected chi connectivity index (χ4v) is 3.47. The highest BCUT2D eigenvalue weighted by atomic mass is 15.3. The lowest BCUT2D eigenvalue weighted by Crippen LogP contribution is -2.04. The highest BCUT2D eigenvalue weighted by Gasteiger charge is 2.18. The van der Waals surface area contributed by atoms with Crippen LogP contribution >= 0.6 is 0 Å². The fraction of sp³-hybridized carbons (Fsp3) is 0.0952. The van der Waals surface area contributed by atoms with Gasteiger partial charge in [0.05, 0.1) is 11.2 Å². The molecule has 2 aromatic carbocycles. The zero-order valence-electron chi connectivity index (χ0n) is 14.6. The van der Waals surface area contributed by atoms with E-state index in [1.807, 2.05) is 61.1 Å². The van der Waals surface area contributed by atoms with Crippen molar-refractivity contribution in [1.82, 2.24) is 24.3 Å². The topological polar surface area (TPSA) is 48.5 Å². The van der Waals surface area contributed by atoms with E-state index in [-0.39, 0.29) is 0 Å². The first-order valence-electron chi connectivity index (χ1n) is 8.55. The number of rotatable bonds is 2. The van der Waals surface area contributed by atoms with Gasteiger partial charge in [0, 0.05) is 18.8 Å². The molecule has 0 radical (unpaired) electrons. The Morgan fingerprint density at radius 1 is 0.846 bits per heavy atom. The van der Waals surface area contributed by atoms with Crippen LogP contribution in [0.5, 0.6) is 0 Å². The summed E-state index contributed by atoms with van der Waals surface area (Å²) in [6.45, 7) is 1.99. The van der Waals surface area contributed by atoms with Gasteiger partial charge in [0.15, 0.2) is 11.6 Å². The number of hydrogen-bond donors (Lipinski definition) is 0. The molecule has 0 aliphatic carbocycles. The van der Waals surface area contributed by atoms with Crippen LogP contribution in [0, 0.1) is 6.92 Å². The Morgan fingerprint density at radius 2 is 1.62 bits per heavy atom. The number of nitrogens with zero attached hydrogens (tertiary/aromatic N) is 5. The lowest BCUT2D eigenvalue weighted by molar-refractivity contribution is 0.778. The molecule has 0 N–H and O–H groups in total. The van der Waals surface area contributed by atoms with Crippen molar-refractivity contribution in [2.75, 3.05) is 0 Å². The molecule has 0 saturated carbocycles. The summed E-state index contributed by atoms with van der Waals surface area (Å²) in [6, 6.07) is 20.5. The van der Waals surface area contributed by atoms with E-state index in [2.05, 4.69) is 34.1 Å². The van der Waals surface area contributed by atoms with Gasteiger partial charge in [-0.3, -0.25) is 9.25 Å². The van der Waals surface area contributed by atoms with Crippen molar-refractivity contribution >= 4 is 21.9 Å². The molecular weight excluding hydrogens is 322 g/mol.